The molecule has 0 bridgehead atoms. The van der Waals surface area contributed by atoms with Crippen LogP contribution in [0.15, 0.2) is 24.3 Å². The van der Waals surface area contributed by atoms with Crippen LogP contribution in [0.25, 0.3) is 0 Å². The van der Waals surface area contributed by atoms with Crippen molar-refractivity contribution < 1.29 is 9.47 Å². The van der Waals surface area contributed by atoms with E-state index in [1.54, 1.807) is 0 Å². The maximum Gasteiger partial charge on any atom is 0.123 e. The molecule has 3 nitrogen and oxygen atoms in total. The number of para-hydroxylation sites is 1. The SMILES string of the molecule is CCNCc1ccccc1OCCOC1CCCCCC1. The lowest BCUT2D eigenvalue weighted by atomic mass is 10.1. The highest BCUT2D eigenvalue weighted by molar-refractivity contribution is 5.33. The van der Waals surface area contributed by atoms with Crippen molar-refractivity contribution in [3.05, 3.63) is 29.8 Å². The molecule has 0 spiro atoms. The first-order valence-electron chi connectivity index (χ1n) is 8.43. The fraction of sp³-hybridized carbons (Fsp3) is 0.667. The van der Waals surface area contributed by atoms with E-state index in [0.717, 1.165) is 18.8 Å². The van der Waals surface area contributed by atoms with Crippen LogP contribution < -0.4 is 10.1 Å². The molecule has 0 radical (unpaired) electrons. The van der Waals surface area contributed by atoms with Crippen molar-refractivity contribution in [1.82, 2.24) is 5.32 Å². The Morgan fingerprint density at radius 3 is 2.57 bits per heavy atom. The van der Waals surface area contributed by atoms with Crippen molar-refractivity contribution in [2.24, 2.45) is 0 Å². The smallest absolute Gasteiger partial charge is 0.123 e. The van der Waals surface area contributed by atoms with Crippen molar-refractivity contribution in [2.75, 3.05) is 19.8 Å². The van der Waals surface area contributed by atoms with Gasteiger partial charge in [0.05, 0.1) is 12.7 Å². The van der Waals surface area contributed by atoms with Crippen LogP contribution in [0.1, 0.15) is 51.0 Å². The number of rotatable bonds is 8. The fourth-order valence-electron chi connectivity index (χ4n) is 2.83. The molecule has 0 aliphatic heterocycles. The van der Waals surface area contributed by atoms with E-state index in [1.165, 1.54) is 44.1 Å². The summed E-state index contributed by atoms with van der Waals surface area (Å²) in [5.41, 5.74) is 1.22. The molecule has 1 aliphatic rings. The monoisotopic (exact) mass is 291 g/mol. The van der Waals surface area contributed by atoms with Gasteiger partial charge in [0, 0.05) is 12.1 Å². The lowest BCUT2D eigenvalue weighted by Crippen LogP contribution is -2.17. The summed E-state index contributed by atoms with van der Waals surface area (Å²) in [5, 5.41) is 3.34. The van der Waals surface area contributed by atoms with Gasteiger partial charge in [-0.3, -0.25) is 0 Å². The first-order chi connectivity index (χ1) is 10.4. The van der Waals surface area contributed by atoms with E-state index < -0.39 is 0 Å². The van der Waals surface area contributed by atoms with E-state index in [1.807, 2.05) is 12.1 Å². The van der Waals surface area contributed by atoms with Gasteiger partial charge in [-0.2, -0.15) is 0 Å². The summed E-state index contributed by atoms with van der Waals surface area (Å²) in [6.07, 6.45) is 8.26. The van der Waals surface area contributed by atoms with Crippen LogP contribution in [0.4, 0.5) is 0 Å². The molecule has 1 saturated carbocycles. The van der Waals surface area contributed by atoms with Gasteiger partial charge in [-0.15, -0.1) is 0 Å². The molecule has 0 aromatic heterocycles. The Morgan fingerprint density at radius 1 is 1.05 bits per heavy atom. The van der Waals surface area contributed by atoms with Gasteiger partial charge in [0.1, 0.15) is 12.4 Å². The van der Waals surface area contributed by atoms with Crippen molar-refractivity contribution in [3.8, 4) is 5.75 Å². The molecule has 21 heavy (non-hydrogen) atoms. The van der Waals surface area contributed by atoms with E-state index in [4.69, 9.17) is 9.47 Å². The third-order valence-corrected chi connectivity index (χ3v) is 4.03. The molecule has 1 aliphatic carbocycles. The summed E-state index contributed by atoms with van der Waals surface area (Å²) in [4.78, 5) is 0. The highest BCUT2D eigenvalue weighted by Crippen LogP contribution is 2.20. The predicted octanol–water partition coefficient (Wildman–Crippen LogP) is 3.91. The summed E-state index contributed by atoms with van der Waals surface area (Å²) >= 11 is 0. The summed E-state index contributed by atoms with van der Waals surface area (Å²) in [6, 6.07) is 8.24. The van der Waals surface area contributed by atoms with Crippen LogP contribution in [0.3, 0.4) is 0 Å². The molecule has 1 aromatic rings. The average molecular weight is 291 g/mol. The zero-order valence-electron chi connectivity index (χ0n) is 13.3. The lowest BCUT2D eigenvalue weighted by Gasteiger charge is -2.16. The Hall–Kier alpha value is -1.06. The Bertz CT molecular complexity index is 387. The maximum absolute atomic E-state index is 5.97. The van der Waals surface area contributed by atoms with E-state index in [-0.39, 0.29) is 0 Å². The second kappa shape index (κ2) is 9.80. The number of benzene rings is 1. The van der Waals surface area contributed by atoms with Crippen LogP contribution in [0.2, 0.25) is 0 Å². The number of hydrogen-bond acceptors (Lipinski definition) is 3. The number of hydrogen-bond donors (Lipinski definition) is 1. The molecule has 1 fully saturated rings. The van der Waals surface area contributed by atoms with Crippen LogP contribution in [0, 0.1) is 0 Å². The zero-order valence-corrected chi connectivity index (χ0v) is 13.3. The molecule has 0 saturated heterocycles. The van der Waals surface area contributed by atoms with Gasteiger partial charge < -0.3 is 14.8 Å². The first kappa shape index (κ1) is 16.3. The standard InChI is InChI=1S/C18H29NO2/c1-2-19-15-16-9-7-8-12-18(16)21-14-13-20-17-10-5-3-4-6-11-17/h7-9,12,17,19H,2-6,10-11,13-15H2,1H3. The molecular formula is C18H29NO2. The minimum absolute atomic E-state index is 0.452. The molecule has 1 aromatic carbocycles. The molecule has 2 rings (SSSR count). The average Bonchev–Trinajstić information content (AvgIpc) is 2.79. The van der Waals surface area contributed by atoms with Crippen LogP contribution in [-0.2, 0) is 11.3 Å². The summed E-state index contributed by atoms with van der Waals surface area (Å²) < 4.78 is 11.9. The minimum atomic E-state index is 0.452. The normalized spacial score (nSPS) is 16.6. The van der Waals surface area contributed by atoms with Gasteiger partial charge >= 0.3 is 0 Å². The van der Waals surface area contributed by atoms with Crippen molar-refractivity contribution >= 4 is 0 Å². The Morgan fingerprint density at radius 2 is 1.81 bits per heavy atom. The minimum Gasteiger partial charge on any atom is -0.491 e. The molecule has 0 amide bonds. The molecule has 0 unspecified atom stereocenters. The largest absolute Gasteiger partial charge is 0.491 e. The van der Waals surface area contributed by atoms with Crippen molar-refractivity contribution in [3.63, 3.8) is 0 Å². The summed E-state index contributed by atoms with van der Waals surface area (Å²) in [7, 11) is 0. The third kappa shape index (κ3) is 6.06. The molecule has 0 heterocycles. The Kier molecular flexibility index (Phi) is 7.61. The van der Waals surface area contributed by atoms with E-state index in [0.29, 0.717) is 19.3 Å². The predicted molar refractivity (Wildman–Crippen MR) is 86.8 cm³/mol. The second-order valence-corrected chi connectivity index (χ2v) is 5.72. The van der Waals surface area contributed by atoms with Crippen molar-refractivity contribution in [1.29, 1.82) is 0 Å². The van der Waals surface area contributed by atoms with Gasteiger partial charge in [-0.25, -0.2) is 0 Å². The quantitative estimate of drug-likeness (QED) is 0.582. The second-order valence-electron chi connectivity index (χ2n) is 5.72. The van der Waals surface area contributed by atoms with Gasteiger partial charge in [-0.05, 0) is 25.5 Å². The first-order valence-corrected chi connectivity index (χ1v) is 8.43. The van der Waals surface area contributed by atoms with Gasteiger partial charge in [0.2, 0.25) is 0 Å². The molecular weight excluding hydrogens is 262 g/mol. The summed E-state index contributed by atoms with van der Waals surface area (Å²) in [5.74, 6) is 0.975. The topological polar surface area (TPSA) is 30.5 Å². The summed E-state index contributed by atoms with van der Waals surface area (Å²) in [6.45, 7) is 5.28. The Labute approximate surface area is 129 Å². The number of ether oxygens (including phenoxy) is 2. The maximum atomic E-state index is 5.97. The highest BCUT2D eigenvalue weighted by Gasteiger charge is 2.12. The van der Waals surface area contributed by atoms with Crippen molar-refractivity contribution in [2.45, 2.75) is 58.1 Å². The molecule has 1 N–H and O–H groups in total. The van der Waals surface area contributed by atoms with E-state index in [9.17, 15) is 0 Å². The van der Waals surface area contributed by atoms with Crippen LogP contribution in [0.5, 0.6) is 5.75 Å². The van der Waals surface area contributed by atoms with Gasteiger partial charge in [0.15, 0.2) is 0 Å². The lowest BCUT2D eigenvalue weighted by molar-refractivity contribution is 0.0252. The van der Waals surface area contributed by atoms with Crippen LogP contribution >= 0.6 is 0 Å². The molecule has 118 valence electrons. The number of nitrogens with one attached hydrogen (secondary N) is 1. The van der Waals surface area contributed by atoms with Crippen LogP contribution in [-0.4, -0.2) is 25.9 Å². The van der Waals surface area contributed by atoms with Gasteiger partial charge in [0.25, 0.3) is 0 Å². The van der Waals surface area contributed by atoms with E-state index >= 15 is 0 Å². The third-order valence-electron chi connectivity index (χ3n) is 4.03. The molecule has 3 heteroatoms. The van der Waals surface area contributed by atoms with Gasteiger partial charge in [-0.1, -0.05) is 50.8 Å². The Balaban J connectivity index is 1.70. The zero-order chi connectivity index (χ0) is 14.8. The molecule has 0 atom stereocenters. The fourth-order valence-corrected chi connectivity index (χ4v) is 2.83. The van der Waals surface area contributed by atoms with E-state index in [2.05, 4.69) is 24.4 Å². The highest BCUT2D eigenvalue weighted by atomic mass is 16.5.